The highest BCUT2D eigenvalue weighted by Gasteiger charge is 2.28. The molecule has 6 rings (SSSR count). The van der Waals surface area contributed by atoms with E-state index >= 15 is 0 Å². The molecule has 1 aromatic carbocycles. The van der Waals surface area contributed by atoms with Gasteiger partial charge in [-0.15, -0.1) is 5.10 Å². The van der Waals surface area contributed by atoms with Crippen LogP contribution < -0.4 is 10.2 Å². The van der Waals surface area contributed by atoms with Crippen molar-refractivity contribution in [2.24, 2.45) is 0 Å². The zero-order valence-corrected chi connectivity index (χ0v) is 17.5. The van der Waals surface area contributed by atoms with Gasteiger partial charge in [0.15, 0.2) is 23.2 Å². The van der Waals surface area contributed by atoms with Crippen molar-refractivity contribution in [1.29, 1.82) is 0 Å². The minimum absolute atomic E-state index is 0.0419. The molecule has 1 aliphatic carbocycles. The molecule has 9 nitrogen and oxygen atoms in total. The molecular weight excluding hydrogens is 430 g/mol. The molecule has 0 bridgehead atoms. The summed E-state index contributed by atoms with van der Waals surface area (Å²) in [6.45, 7) is 1.64. The number of hydrogen-bond acceptors (Lipinski definition) is 8. The van der Waals surface area contributed by atoms with E-state index < -0.39 is 11.6 Å². The van der Waals surface area contributed by atoms with Gasteiger partial charge < -0.3 is 14.7 Å². The predicted octanol–water partition coefficient (Wildman–Crippen LogP) is 3.10. The average molecular weight is 450 g/mol. The number of aromatic nitrogens is 6. The van der Waals surface area contributed by atoms with E-state index in [1.807, 2.05) is 12.3 Å². The van der Waals surface area contributed by atoms with Gasteiger partial charge in [0, 0.05) is 43.5 Å². The van der Waals surface area contributed by atoms with Crippen molar-refractivity contribution in [2.75, 3.05) is 23.3 Å². The first-order valence-corrected chi connectivity index (χ1v) is 10.8. The van der Waals surface area contributed by atoms with Gasteiger partial charge in [-0.3, -0.25) is 5.10 Å². The van der Waals surface area contributed by atoms with Gasteiger partial charge in [-0.1, -0.05) is 10.4 Å². The van der Waals surface area contributed by atoms with E-state index in [0.717, 1.165) is 42.1 Å². The van der Waals surface area contributed by atoms with Crippen molar-refractivity contribution in [3.8, 4) is 11.5 Å². The summed E-state index contributed by atoms with van der Waals surface area (Å²) in [4.78, 5) is 11.0. The summed E-state index contributed by atoms with van der Waals surface area (Å²) in [6.07, 6.45) is 5.59. The molecule has 33 heavy (non-hydrogen) atoms. The molecule has 0 spiro atoms. The zero-order valence-electron chi connectivity index (χ0n) is 17.5. The maximum atomic E-state index is 13.5. The molecular formula is C22H20F2N8O. The largest absolute Gasteiger partial charge is 0.353 e. The number of aromatic amines is 1. The van der Waals surface area contributed by atoms with Gasteiger partial charge in [-0.25, -0.2) is 18.7 Å². The van der Waals surface area contributed by atoms with Crippen LogP contribution in [0.4, 0.5) is 20.5 Å². The normalized spacial score (nSPS) is 18.1. The minimum atomic E-state index is -0.820. The third-order valence-electron chi connectivity index (χ3n) is 6.28. The summed E-state index contributed by atoms with van der Waals surface area (Å²) in [5.41, 5.74) is 3.16. The van der Waals surface area contributed by atoms with Crippen LogP contribution in [0.1, 0.15) is 29.2 Å². The molecule has 168 valence electrons. The number of H-pyrrole nitrogens is 1. The number of benzene rings is 1. The van der Waals surface area contributed by atoms with Crippen LogP contribution in [0.25, 0.3) is 11.5 Å². The fourth-order valence-electron chi connectivity index (χ4n) is 4.62. The Balaban J connectivity index is 1.14. The summed E-state index contributed by atoms with van der Waals surface area (Å²) in [6, 6.07) is 6.12. The van der Waals surface area contributed by atoms with Crippen molar-refractivity contribution in [2.45, 2.75) is 31.2 Å². The van der Waals surface area contributed by atoms with Crippen molar-refractivity contribution in [1.82, 2.24) is 30.5 Å². The van der Waals surface area contributed by atoms with Crippen molar-refractivity contribution < 1.29 is 13.3 Å². The molecule has 4 aromatic rings. The monoisotopic (exact) mass is 450 g/mol. The molecule has 1 fully saturated rings. The Morgan fingerprint density at radius 2 is 1.94 bits per heavy atom. The number of halogens is 2. The molecule has 1 aliphatic heterocycles. The van der Waals surface area contributed by atoms with Crippen LogP contribution in [0.5, 0.6) is 0 Å². The predicted molar refractivity (Wildman–Crippen MR) is 115 cm³/mol. The summed E-state index contributed by atoms with van der Waals surface area (Å²) in [7, 11) is 0. The van der Waals surface area contributed by atoms with Crippen molar-refractivity contribution >= 4 is 11.8 Å². The summed E-state index contributed by atoms with van der Waals surface area (Å²) in [5.74, 6) is 0.379. The Kier molecular flexibility index (Phi) is 4.74. The second-order valence-electron chi connectivity index (χ2n) is 8.43. The van der Waals surface area contributed by atoms with E-state index in [9.17, 15) is 8.78 Å². The Hall–Kier alpha value is -3.89. The second-order valence-corrected chi connectivity index (χ2v) is 8.43. The Morgan fingerprint density at radius 3 is 2.70 bits per heavy atom. The fraction of sp³-hybridized carbons (Fsp3) is 0.318. The van der Waals surface area contributed by atoms with Crippen LogP contribution in [0.15, 0.2) is 41.2 Å². The van der Waals surface area contributed by atoms with E-state index in [1.54, 1.807) is 12.3 Å². The van der Waals surface area contributed by atoms with Crippen LogP contribution in [0.2, 0.25) is 0 Å². The Morgan fingerprint density at radius 1 is 1.12 bits per heavy atom. The third kappa shape index (κ3) is 3.79. The molecule has 4 heterocycles. The molecule has 0 amide bonds. The van der Waals surface area contributed by atoms with Gasteiger partial charge in [0.25, 0.3) is 0 Å². The van der Waals surface area contributed by atoms with E-state index in [-0.39, 0.29) is 6.04 Å². The van der Waals surface area contributed by atoms with Gasteiger partial charge >= 0.3 is 0 Å². The highest BCUT2D eigenvalue weighted by Crippen LogP contribution is 2.31. The molecule has 1 saturated heterocycles. The molecule has 0 saturated carbocycles. The smallest absolute Gasteiger partial charge is 0.223 e. The molecule has 2 N–H and O–H groups in total. The number of nitrogens with zero attached hydrogens (tertiary/aromatic N) is 6. The highest BCUT2D eigenvalue weighted by molar-refractivity contribution is 5.59. The highest BCUT2D eigenvalue weighted by atomic mass is 19.2. The average Bonchev–Trinajstić information content (AvgIpc) is 3.59. The number of fused-ring (bicyclic) bond motifs is 1. The molecule has 3 aromatic heterocycles. The third-order valence-corrected chi connectivity index (χ3v) is 6.28. The van der Waals surface area contributed by atoms with Crippen LogP contribution in [-0.4, -0.2) is 49.7 Å². The topological polar surface area (TPSA) is 109 Å². The first-order chi connectivity index (χ1) is 16.1. The summed E-state index contributed by atoms with van der Waals surface area (Å²) in [5, 5.41) is 18.2. The lowest BCUT2D eigenvalue weighted by Gasteiger charge is -2.13. The van der Waals surface area contributed by atoms with Gasteiger partial charge in [-0.05, 0) is 48.6 Å². The van der Waals surface area contributed by atoms with E-state index in [1.165, 1.54) is 12.1 Å². The first kappa shape index (κ1) is 19.8. The van der Waals surface area contributed by atoms with Crippen LogP contribution in [-0.2, 0) is 12.8 Å². The fourth-order valence-corrected chi connectivity index (χ4v) is 4.62. The van der Waals surface area contributed by atoms with Crippen molar-refractivity contribution in [3.05, 3.63) is 65.1 Å². The standard InChI is InChI=1S/C22H20F2N8O/c23-16-7-13-5-15(6-14(13)8-17(16)24)27-22-25-3-1-18(28-22)20-9-21(30-33-20)32-4-2-12(11-32)19-10-26-31-29-19/h1,3,7-10,12,15H,2,4-6,11H2,(H,25,27,28)(H,26,29,31). The van der Waals surface area contributed by atoms with E-state index in [2.05, 4.69) is 40.8 Å². The summed E-state index contributed by atoms with van der Waals surface area (Å²) < 4.78 is 32.6. The van der Waals surface area contributed by atoms with Gasteiger partial charge in [0.05, 0.1) is 5.69 Å². The van der Waals surface area contributed by atoms with Gasteiger partial charge in [0.2, 0.25) is 5.95 Å². The first-order valence-electron chi connectivity index (χ1n) is 10.8. The maximum Gasteiger partial charge on any atom is 0.223 e. The quantitative estimate of drug-likeness (QED) is 0.478. The SMILES string of the molecule is Fc1cc2c(cc1F)CC(Nc1nccc(-c3cc(N4CCC(c5c[nH]nn5)C4)no3)n1)C2. The van der Waals surface area contributed by atoms with Gasteiger partial charge in [0.1, 0.15) is 5.69 Å². The Bertz CT molecular complexity index is 1260. The second kappa shape index (κ2) is 7.91. The summed E-state index contributed by atoms with van der Waals surface area (Å²) >= 11 is 0. The van der Waals surface area contributed by atoms with Crippen LogP contribution in [0.3, 0.4) is 0 Å². The number of rotatable bonds is 5. The number of anilines is 2. The molecule has 2 aliphatic rings. The van der Waals surface area contributed by atoms with Crippen LogP contribution in [0, 0.1) is 11.6 Å². The Labute approximate surface area is 187 Å². The molecule has 11 heteroatoms. The van der Waals surface area contributed by atoms with Gasteiger partial charge in [-0.2, -0.15) is 0 Å². The van der Waals surface area contributed by atoms with E-state index in [4.69, 9.17) is 4.52 Å². The lowest BCUT2D eigenvalue weighted by atomic mass is 10.1. The number of nitrogens with one attached hydrogen (secondary N) is 2. The molecule has 1 unspecified atom stereocenters. The lowest BCUT2D eigenvalue weighted by Crippen LogP contribution is -2.21. The zero-order chi connectivity index (χ0) is 22.4. The van der Waals surface area contributed by atoms with E-state index in [0.29, 0.717) is 36.2 Å². The molecule has 1 atom stereocenters. The lowest BCUT2D eigenvalue weighted by molar-refractivity contribution is 0.431. The minimum Gasteiger partial charge on any atom is -0.353 e. The maximum absolute atomic E-state index is 13.5. The van der Waals surface area contributed by atoms with Crippen molar-refractivity contribution in [3.63, 3.8) is 0 Å². The number of hydrogen-bond donors (Lipinski definition) is 2. The molecule has 0 radical (unpaired) electrons. The van der Waals surface area contributed by atoms with Crippen LogP contribution >= 0.6 is 0 Å².